The average molecular weight is 209 g/mol. The van der Waals surface area contributed by atoms with Crippen LogP contribution in [0.3, 0.4) is 0 Å². The molecule has 0 saturated carbocycles. The van der Waals surface area contributed by atoms with Crippen molar-refractivity contribution in [1.82, 2.24) is 0 Å². The molecule has 0 unspecified atom stereocenters. The fraction of sp³-hybridized carbons (Fsp3) is 1.00. The van der Waals surface area contributed by atoms with E-state index in [9.17, 15) is 8.78 Å². The van der Waals surface area contributed by atoms with Crippen molar-refractivity contribution in [3.8, 4) is 0 Å². The Labute approximate surface area is 84.8 Å². The van der Waals surface area contributed by atoms with Crippen LogP contribution in [0.4, 0.5) is 8.78 Å². The molecular weight excluding hydrogens is 188 g/mol. The Balaban J connectivity index is 3.21. The zero-order chi connectivity index (χ0) is 11.0. The van der Waals surface area contributed by atoms with Crippen molar-refractivity contribution in [3.05, 3.63) is 0 Å². The number of ether oxygens (including phenoxy) is 1. The molecular formula is C10H21F2NO. The number of unbranched alkanes of at least 4 members (excludes halogenated alkanes) is 1. The van der Waals surface area contributed by atoms with Crippen molar-refractivity contribution >= 4 is 0 Å². The van der Waals surface area contributed by atoms with Crippen molar-refractivity contribution in [2.75, 3.05) is 19.8 Å². The van der Waals surface area contributed by atoms with E-state index in [-0.39, 0.29) is 0 Å². The molecule has 0 heterocycles. The molecule has 0 aliphatic heterocycles. The fourth-order valence-corrected chi connectivity index (χ4v) is 1.04. The quantitative estimate of drug-likeness (QED) is 0.623. The summed E-state index contributed by atoms with van der Waals surface area (Å²) in [5.74, 6) is -2.20. The van der Waals surface area contributed by atoms with Gasteiger partial charge in [0.25, 0.3) is 5.92 Å². The molecule has 0 aromatic carbocycles. The van der Waals surface area contributed by atoms with Crippen molar-refractivity contribution in [1.29, 1.82) is 0 Å². The molecule has 0 radical (unpaired) electrons. The molecule has 0 aliphatic rings. The number of rotatable bonds is 8. The van der Waals surface area contributed by atoms with Gasteiger partial charge in [-0.1, -0.05) is 26.7 Å². The average Bonchev–Trinajstić information content (AvgIpc) is 2.10. The Hall–Kier alpha value is -0.220. The minimum absolute atomic E-state index is 0.405. The molecule has 0 bridgehead atoms. The Bertz CT molecular complexity index is 140. The van der Waals surface area contributed by atoms with Crippen LogP contribution in [0.2, 0.25) is 0 Å². The highest BCUT2D eigenvalue weighted by atomic mass is 19.3. The molecule has 0 rings (SSSR count). The Morgan fingerprint density at radius 2 is 1.93 bits per heavy atom. The molecule has 0 fully saturated rings. The second-order valence-corrected chi connectivity index (χ2v) is 4.00. The van der Waals surface area contributed by atoms with Gasteiger partial charge in [-0.25, -0.2) is 8.78 Å². The molecule has 0 amide bonds. The van der Waals surface area contributed by atoms with Gasteiger partial charge < -0.3 is 10.5 Å². The second kappa shape index (κ2) is 7.12. The first-order chi connectivity index (χ1) is 6.48. The smallest absolute Gasteiger partial charge is 0.282 e. The van der Waals surface area contributed by atoms with Crippen LogP contribution in [0.1, 0.15) is 33.1 Å². The van der Waals surface area contributed by atoms with Gasteiger partial charge in [0.05, 0.1) is 6.54 Å². The predicted molar refractivity (Wildman–Crippen MR) is 53.5 cm³/mol. The lowest BCUT2D eigenvalue weighted by Gasteiger charge is -2.13. The maximum absolute atomic E-state index is 12.5. The molecule has 0 aromatic heterocycles. The summed E-state index contributed by atoms with van der Waals surface area (Å²) in [7, 11) is 0. The Morgan fingerprint density at radius 1 is 1.29 bits per heavy atom. The van der Waals surface area contributed by atoms with Crippen LogP contribution in [0.25, 0.3) is 0 Å². The van der Waals surface area contributed by atoms with Gasteiger partial charge in [-0.3, -0.25) is 0 Å². The topological polar surface area (TPSA) is 35.2 Å². The standard InChI is InChI=1S/C10H21F2NO/c1-9(2)5-3-4-6-14-8-10(11,12)7-13/h9H,3-8,13H2,1-2H3. The van der Waals surface area contributed by atoms with E-state index in [0.29, 0.717) is 12.5 Å². The first-order valence-corrected chi connectivity index (χ1v) is 5.13. The van der Waals surface area contributed by atoms with E-state index in [1.165, 1.54) is 0 Å². The van der Waals surface area contributed by atoms with Gasteiger partial charge in [-0.05, 0) is 12.3 Å². The molecule has 0 aromatic rings. The summed E-state index contributed by atoms with van der Waals surface area (Å²) in [6.45, 7) is 3.50. The summed E-state index contributed by atoms with van der Waals surface area (Å²) in [6, 6.07) is 0. The van der Waals surface area contributed by atoms with E-state index >= 15 is 0 Å². The van der Waals surface area contributed by atoms with E-state index in [2.05, 4.69) is 13.8 Å². The van der Waals surface area contributed by atoms with E-state index < -0.39 is 19.1 Å². The van der Waals surface area contributed by atoms with Gasteiger partial charge in [0, 0.05) is 6.61 Å². The highest BCUT2D eigenvalue weighted by Crippen LogP contribution is 2.12. The summed E-state index contributed by atoms with van der Waals surface area (Å²) >= 11 is 0. The van der Waals surface area contributed by atoms with E-state index in [4.69, 9.17) is 10.5 Å². The highest BCUT2D eigenvalue weighted by molar-refractivity contribution is 4.64. The summed E-state index contributed by atoms with van der Waals surface area (Å²) in [5.41, 5.74) is 4.86. The molecule has 2 N–H and O–H groups in total. The second-order valence-electron chi connectivity index (χ2n) is 4.00. The van der Waals surface area contributed by atoms with Crippen LogP contribution in [0, 0.1) is 5.92 Å². The third-order valence-corrected chi connectivity index (χ3v) is 1.93. The number of alkyl halides is 2. The van der Waals surface area contributed by atoms with Gasteiger partial charge in [0.2, 0.25) is 0 Å². The molecule has 0 aliphatic carbocycles. The van der Waals surface area contributed by atoms with Gasteiger partial charge in [-0.2, -0.15) is 0 Å². The van der Waals surface area contributed by atoms with Gasteiger partial charge in [0.15, 0.2) is 0 Å². The maximum Gasteiger partial charge on any atom is 0.282 e. The third-order valence-electron chi connectivity index (χ3n) is 1.93. The molecule has 14 heavy (non-hydrogen) atoms. The summed E-state index contributed by atoms with van der Waals surface area (Å²) in [5, 5.41) is 0. The predicted octanol–water partition coefficient (Wildman–Crippen LogP) is 2.42. The largest absolute Gasteiger partial charge is 0.375 e. The number of hydrogen-bond donors (Lipinski definition) is 1. The Morgan fingerprint density at radius 3 is 2.43 bits per heavy atom. The zero-order valence-electron chi connectivity index (χ0n) is 9.06. The normalized spacial score (nSPS) is 12.4. The zero-order valence-corrected chi connectivity index (χ0v) is 9.06. The minimum atomic E-state index is -2.86. The van der Waals surface area contributed by atoms with Crippen LogP contribution >= 0.6 is 0 Å². The lowest BCUT2D eigenvalue weighted by molar-refractivity contribution is -0.0698. The van der Waals surface area contributed by atoms with E-state index in [1.807, 2.05) is 0 Å². The number of halogens is 2. The number of nitrogens with two attached hydrogens (primary N) is 1. The van der Waals surface area contributed by atoms with E-state index in [0.717, 1.165) is 19.3 Å². The summed E-state index contributed by atoms with van der Waals surface area (Å²) in [4.78, 5) is 0. The van der Waals surface area contributed by atoms with E-state index in [1.54, 1.807) is 0 Å². The van der Waals surface area contributed by atoms with Gasteiger partial charge >= 0.3 is 0 Å². The number of hydrogen-bond acceptors (Lipinski definition) is 2. The van der Waals surface area contributed by atoms with Crippen molar-refractivity contribution < 1.29 is 13.5 Å². The molecule has 0 atom stereocenters. The molecule has 0 spiro atoms. The van der Waals surface area contributed by atoms with Crippen molar-refractivity contribution in [2.45, 2.75) is 39.0 Å². The van der Waals surface area contributed by atoms with Gasteiger partial charge in [0.1, 0.15) is 6.61 Å². The first kappa shape index (κ1) is 13.8. The van der Waals surface area contributed by atoms with Crippen LogP contribution in [0.15, 0.2) is 0 Å². The van der Waals surface area contributed by atoms with Crippen molar-refractivity contribution in [2.24, 2.45) is 11.7 Å². The third kappa shape index (κ3) is 8.38. The molecule has 0 saturated heterocycles. The van der Waals surface area contributed by atoms with Gasteiger partial charge in [-0.15, -0.1) is 0 Å². The lowest BCUT2D eigenvalue weighted by Crippen LogP contribution is -2.33. The fourth-order valence-electron chi connectivity index (χ4n) is 1.04. The highest BCUT2D eigenvalue weighted by Gasteiger charge is 2.26. The molecule has 2 nitrogen and oxygen atoms in total. The first-order valence-electron chi connectivity index (χ1n) is 5.13. The molecule has 4 heteroatoms. The SMILES string of the molecule is CC(C)CCCCOCC(F)(F)CN. The van der Waals surface area contributed by atoms with Crippen molar-refractivity contribution in [3.63, 3.8) is 0 Å². The summed E-state index contributed by atoms with van der Waals surface area (Å²) in [6.07, 6.45) is 3.00. The molecule has 86 valence electrons. The van der Waals surface area contributed by atoms with Crippen LogP contribution < -0.4 is 5.73 Å². The summed E-state index contributed by atoms with van der Waals surface area (Å²) < 4.78 is 29.9. The maximum atomic E-state index is 12.5. The van der Waals surface area contributed by atoms with Crippen LogP contribution in [-0.2, 0) is 4.74 Å². The van der Waals surface area contributed by atoms with Crippen LogP contribution in [-0.4, -0.2) is 25.7 Å². The monoisotopic (exact) mass is 209 g/mol. The Kier molecular flexibility index (Phi) is 7.01. The lowest BCUT2D eigenvalue weighted by atomic mass is 10.1. The minimum Gasteiger partial charge on any atom is -0.375 e. The van der Waals surface area contributed by atoms with Crippen LogP contribution in [0.5, 0.6) is 0 Å².